The van der Waals surface area contributed by atoms with E-state index in [1.165, 1.54) is 4.31 Å². The van der Waals surface area contributed by atoms with Gasteiger partial charge in [-0.25, -0.2) is 8.42 Å². The van der Waals surface area contributed by atoms with Gasteiger partial charge in [0.25, 0.3) is 0 Å². The Bertz CT molecular complexity index is 218. The molecule has 0 aliphatic rings. The number of aliphatic hydroxyl groups is 1. The maximum absolute atomic E-state index is 11.6. The summed E-state index contributed by atoms with van der Waals surface area (Å²) in [6.07, 6.45) is 0.770. The fourth-order valence-electron chi connectivity index (χ4n) is 1.03. The van der Waals surface area contributed by atoms with Gasteiger partial charge >= 0.3 is 0 Å². The van der Waals surface area contributed by atoms with E-state index in [-0.39, 0.29) is 13.2 Å². The molecule has 4 nitrogen and oxygen atoms in total. The van der Waals surface area contributed by atoms with E-state index in [0.29, 0.717) is 6.54 Å². The van der Waals surface area contributed by atoms with Gasteiger partial charge in [-0.1, -0.05) is 6.92 Å². The molecular formula is C8H19NO3S. The first-order chi connectivity index (χ1) is 5.96. The van der Waals surface area contributed by atoms with E-state index < -0.39 is 15.3 Å². The SMILES string of the molecule is CCCN(CCO)S(=O)(=O)C(C)C. The Kier molecular flexibility index (Phi) is 5.51. The van der Waals surface area contributed by atoms with Gasteiger partial charge in [-0.2, -0.15) is 4.31 Å². The van der Waals surface area contributed by atoms with Gasteiger partial charge in [0.05, 0.1) is 11.9 Å². The highest BCUT2D eigenvalue weighted by molar-refractivity contribution is 7.89. The Morgan fingerprint density at radius 2 is 1.85 bits per heavy atom. The molecule has 0 aliphatic heterocycles. The Hall–Kier alpha value is -0.130. The van der Waals surface area contributed by atoms with Gasteiger partial charge in [-0.05, 0) is 20.3 Å². The van der Waals surface area contributed by atoms with Crippen molar-refractivity contribution < 1.29 is 13.5 Å². The van der Waals surface area contributed by atoms with Crippen LogP contribution in [0.4, 0.5) is 0 Å². The lowest BCUT2D eigenvalue weighted by atomic mass is 10.5. The molecule has 0 unspecified atom stereocenters. The molecule has 0 aromatic carbocycles. The van der Waals surface area contributed by atoms with Crippen LogP contribution in [0, 0.1) is 0 Å². The summed E-state index contributed by atoms with van der Waals surface area (Å²) in [7, 11) is -3.19. The minimum atomic E-state index is -3.19. The van der Waals surface area contributed by atoms with E-state index in [0.717, 1.165) is 6.42 Å². The van der Waals surface area contributed by atoms with Crippen molar-refractivity contribution >= 4 is 10.0 Å². The zero-order valence-corrected chi connectivity index (χ0v) is 9.34. The molecule has 1 N–H and O–H groups in total. The molecule has 0 atom stereocenters. The zero-order chi connectivity index (χ0) is 10.5. The lowest BCUT2D eigenvalue weighted by Crippen LogP contribution is -2.38. The van der Waals surface area contributed by atoms with Crippen LogP contribution in [0.25, 0.3) is 0 Å². The van der Waals surface area contributed by atoms with Crippen LogP contribution in [-0.2, 0) is 10.0 Å². The van der Waals surface area contributed by atoms with Crippen molar-refractivity contribution in [3.05, 3.63) is 0 Å². The van der Waals surface area contributed by atoms with Crippen molar-refractivity contribution in [1.29, 1.82) is 0 Å². The second-order valence-corrected chi connectivity index (χ2v) is 5.71. The molecule has 0 amide bonds. The highest BCUT2D eigenvalue weighted by Gasteiger charge is 2.23. The fraction of sp³-hybridized carbons (Fsp3) is 1.00. The normalized spacial score (nSPS) is 12.8. The summed E-state index contributed by atoms with van der Waals surface area (Å²) in [5, 5.41) is 8.29. The summed E-state index contributed by atoms with van der Waals surface area (Å²) in [4.78, 5) is 0. The number of sulfonamides is 1. The van der Waals surface area contributed by atoms with Crippen LogP contribution in [0.15, 0.2) is 0 Å². The number of nitrogens with zero attached hydrogens (tertiary/aromatic N) is 1. The molecule has 0 fully saturated rings. The lowest BCUT2D eigenvalue weighted by molar-refractivity contribution is 0.253. The molecule has 0 rings (SSSR count). The van der Waals surface area contributed by atoms with E-state index in [4.69, 9.17) is 5.11 Å². The Morgan fingerprint density at radius 3 is 2.15 bits per heavy atom. The molecule has 0 aliphatic carbocycles. The Labute approximate surface area is 80.6 Å². The number of aliphatic hydroxyl groups excluding tert-OH is 1. The molecule has 0 bridgehead atoms. The fourth-order valence-corrected chi connectivity index (χ4v) is 2.39. The van der Waals surface area contributed by atoms with Crippen molar-refractivity contribution in [2.24, 2.45) is 0 Å². The predicted molar refractivity (Wildman–Crippen MR) is 53.0 cm³/mol. The topological polar surface area (TPSA) is 57.6 Å². The third kappa shape index (κ3) is 3.62. The minimum Gasteiger partial charge on any atom is -0.395 e. The second kappa shape index (κ2) is 5.57. The summed E-state index contributed by atoms with van der Waals surface area (Å²) in [6, 6.07) is 0. The van der Waals surface area contributed by atoms with Crippen LogP contribution in [0.3, 0.4) is 0 Å². The smallest absolute Gasteiger partial charge is 0.216 e. The van der Waals surface area contributed by atoms with Gasteiger partial charge in [0.1, 0.15) is 0 Å². The zero-order valence-electron chi connectivity index (χ0n) is 8.52. The standard InChI is InChI=1S/C8H19NO3S/c1-4-5-9(6-7-10)13(11,12)8(2)3/h8,10H,4-7H2,1-3H3. The minimum absolute atomic E-state index is 0.119. The molecule has 0 saturated heterocycles. The highest BCUT2D eigenvalue weighted by atomic mass is 32.2. The van der Waals surface area contributed by atoms with Crippen LogP contribution in [0.1, 0.15) is 27.2 Å². The average Bonchev–Trinajstić information content (AvgIpc) is 2.03. The van der Waals surface area contributed by atoms with Crippen LogP contribution < -0.4 is 0 Å². The largest absolute Gasteiger partial charge is 0.395 e. The molecule has 0 heterocycles. The van der Waals surface area contributed by atoms with Crippen LogP contribution in [0.5, 0.6) is 0 Å². The average molecular weight is 209 g/mol. The van der Waals surface area contributed by atoms with Crippen molar-refractivity contribution in [3.63, 3.8) is 0 Å². The quantitative estimate of drug-likeness (QED) is 0.690. The second-order valence-electron chi connectivity index (χ2n) is 3.22. The van der Waals surface area contributed by atoms with Gasteiger partial charge in [0.2, 0.25) is 10.0 Å². The molecular weight excluding hydrogens is 190 g/mol. The first-order valence-electron chi connectivity index (χ1n) is 4.56. The summed E-state index contributed by atoms with van der Waals surface area (Å²) in [5.41, 5.74) is 0. The van der Waals surface area contributed by atoms with E-state index >= 15 is 0 Å². The molecule has 0 aromatic rings. The summed E-state index contributed by atoms with van der Waals surface area (Å²) < 4.78 is 24.6. The van der Waals surface area contributed by atoms with Crippen molar-refractivity contribution in [1.82, 2.24) is 4.31 Å². The summed E-state index contributed by atoms with van der Waals surface area (Å²) in [5.74, 6) is 0. The Morgan fingerprint density at radius 1 is 1.31 bits per heavy atom. The molecule has 13 heavy (non-hydrogen) atoms. The maximum atomic E-state index is 11.6. The number of rotatable bonds is 6. The Balaban J connectivity index is 4.52. The third-order valence-electron chi connectivity index (χ3n) is 1.78. The van der Waals surface area contributed by atoms with Gasteiger partial charge in [-0.15, -0.1) is 0 Å². The molecule has 0 spiro atoms. The number of hydrogen-bond donors (Lipinski definition) is 1. The molecule has 0 radical (unpaired) electrons. The highest BCUT2D eigenvalue weighted by Crippen LogP contribution is 2.08. The lowest BCUT2D eigenvalue weighted by Gasteiger charge is -2.22. The van der Waals surface area contributed by atoms with Gasteiger partial charge in [0.15, 0.2) is 0 Å². The van der Waals surface area contributed by atoms with Gasteiger partial charge in [0, 0.05) is 13.1 Å². The number of hydrogen-bond acceptors (Lipinski definition) is 3. The van der Waals surface area contributed by atoms with E-state index in [1.54, 1.807) is 13.8 Å². The van der Waals surface area contributed by atoms with Gasteiger partial charge in [-0.3, -0.25) is 0 Å². The molecule has 5 heteroatoms. The summed E-state index contributed by atoms with van der Waals surface area (Å²) in [6.45, 7) is 5.78. The predicted octanol–water partition coefficient (Wildman–Crippen LogP) is 0.429. The monoisotopic (exact) mass is 209 g/mol. The first-order valence-corrected chi connectivity index (χ1v) is 6.07. The van der Waals surface area contributed by atoms with Crippen molar-refractivity contribution in [2.75, 3.05) is 19.7 Å². The van der Waals surface area contributed by atoms with Crippen molar-refractivity contribution in [3.8, 4) is 0 Å². The van der Waals surface area contributed by atoms with Crippen LogP contribution >= 0.6 is 0 Å². The molecule has 80 valence electrons. The van der Waals surface area contributed by atoms with Crippen LogP contribution in [-0.4, -0.2) is 42.8 Å². The van der Waals surface area contributed by atoms with Crippen LogP contribution in [0.2, 0.25) is 0 Å². The third-order valence-corrected chi connectivity index (χ3v) is 4.05. The van der Waals surface area contributed by atoms with E-state index in [9.17, 15) is 8.42 Å². The maximum Gasteiger partial charge on any atom is 0.216 e. The molecule has 0 aromatic heterocycles. The molecule has 0 saturated carbocycles. The van der Waals surface area contributed by atoms with Gasteiger partial charge < -0.3 is 5.11 Å². The summed E-state index contributed by atoms with van der Waals surface area (Å²) >= 11 is 0. The van der Waals surface area contributed by atoms with E-state index in [2.05, 4.69) is 0 Å². The first kappa shape index (κ1) is 12.9. The van der Waals surface area contributed by atoms with E-state index in [1.807, 2.05) is 6.92 Å². The van der Waals surface area contributed by atoms with Crippen molar-refractivity contribution in [2.45, 2.75) is 32.4 Å².